The van der Waals surface area contributed by atoms with E-state index < -0.39 is 0 Å². The summed E-state index contributed by atoms with van der Waals surface area (Å²) in [6, 6.07) is 7.76. The number of H-pyrrole nitrogens is 1. The van der Waals surface area contributed by atoms with E-state index in [4.69, 9.17) is 0 Å². The number of anilines is 1. The fourth-order valence-electron chi connectivity index (χ4n) is 3.33. The van der Waals surface area contributed by atoms with Crippen LogP contribution in [0.3, 0.4) is 0 Å². The average Bonchev–Trinajstić information content (AvgIpc) is 3.11. The maximum atomic E-state index is 12.8. The summed E-state index contributed by atoms with van der Waals surface area (Å²) in [6.45, 7) is 7.14. The number of para-hydroxylation sites is 2. The molecule has 3 aromatic rings. The second-order valence-electron chi connectivity index (χ2n) is 7.45. The van der Waals surface area contributed by atoms with Gasteiger partial charge in [-0.15, -0.1) is 0 Å². The molecular formula is C20H25N7O. The zero-order valence-corrected chi connectivity index (χ0v) is 16.4. The molecule has 0 saturated carbocycles. The number of nitrogens with zero attached hydrogens (tertiary/aromatic N) is 4. The van der Waals surface area contributed by atoms with Crippen molar-refractivity contribution in [2.75, 3.05) is 11.9 Å². The summed E-state index contributed by atoms with van der Waals surface area (Å²) in [4.78, 5) is 31.4. The van der Waals surface area contributed by atoms with Gasteiger partial charge in [-0.3, -0.25) is 0 Å². The van der Waals surface area contributed by atoms with Gasteiger partial charge in [0.1, 0.15) is 5.82 Å². The quantitative estimate of drug-likeness (QED) is 0.647. The molecule has 0 fully saturated rings. The fourth-order valence-corrected chi connectivity index (χ4v) is 3.33. The predicted octanol–water partition coefficient (Wildman–Crippen LogP) is 3.00. The number of rotatable bonds is 4. The Balaban J connectivity index is 1.44. The van der Waals surface area contributed by atoms with E-state index in [9.17, 15) is 4.79 Å². The van der Waals surface area contributed by atoms with Gasteiger partial charge in [-0.25, -0.2) is 19.7 Å². The Morgan fingerprint density at radius 2 is 2.04 bits per heavy atom. The highest BCUT2D eigenvalue weighted by Gasteiger charge is 2.24. The van der Waals surface area contributed by atoms with Crippen molar-refractivity contribution in [1.29, 1.82) is 0 Å². The van der Waals surface area contributed by atoms with E-state index in [0.717, 1.165) is 34.5 Å². The standard InChI is InChI=1S/C20H25N7O/c1-12(2)22-19-21-10-14-8-9-27(11-17(14)26-19)20(28)23-13(3)18-24-15-6-4-5-7-16(15)25-18/h4-7,10,12-13H,8-9,11H2,1-3H3,(H,23,28)(H,24,25)(H,21,22,26). The number of aromatic nitrogens is 4. The molecule has 0 aliphatic carbocycles. The van der Waals surface area contributed by atoms with Crippen molar-refractivity contribution >= 4 is 23.0 Å². The van der Waals surface area contributed by atoms with Crippen molar-refractivity contribution in [1.82, 2.24) is 30.2 Å². The third-order valence-electron chi connectivity index (χ3n) is 4.81. The normalized spacial score (nSPS) is 14.8. The summed E-state index contributed by atoms with van der Waals surface area (Å²) in [7, 11) is 0. The molecule has 1 aliphatic rings. The molecule has 8 heteroatoms. The van der Waals surface area contributed by atoms with Gasteiger partial charge < -0.3 is 20.5 Å². The molecule has 146 valence electrons. The van der Waals surface area contributed by atoms with Gasteiger partial charge in [-0.2, -0.15) is 0 Å². The van der Waals surface area contributed by atoms with E-state index >= 15 is 0 Å². The number of nitrogens with one attached hydrogen (secondary N) is 3. The Morgan fingerprint density at radius 3 is 2.82 bits per heavy atom. The summed E-state index contributed by atoms with van der Waals surface area (Å²) in [6.07, 6.45) is 2.61. The fraction of sp³-hybridized carbons (Fsp3) is 0.400. The van der Waals surface area contributed by atoms with Crippen molar-refractivity contribution < 1.29 is 4.79 Å². The average molecular weight is 379 g/mol. The van der Waals surface area contributed by atoms with Gasteiger partial charge in [-0.1, -0.05) is 12.1 Å². The van der Waals surface area contributed by atoms with Crippen LogP contribution in [0.5, 0.6) is 0 Å². The number of imidazole rings is 1. The number of carbonyl (C=O) groups excluding carboxylic acids is 1. The lowest BCUT2D eigenvalue weighted by molar-refractivity contribution is 0.187. The van der Waals surface area contributed by atoms with Crippen LogP contribution < -0.4 is 10.6 Å². The van der Waals surface area contributed by atoms with Gasteiger partial charge in [0.05, 0.1) is 29.3 Å². The molecule has 8 nitrogen and oxygen atoms in total. The molecule has 1 unspecified atom stereocenters. The van der Waals surface area contributed by atoms with Crippen LogP contribution in [-0.2, 0) is 13.0 Å². The molecule has 3 heterocycles. The summed E-state index contributed by atoms with van der Waals surface area (Å²) >= 11 is 0. The molecule has 3 N–H and O–H groups in total. The summed E-state index contributed by atoms with van der Waals surface area (Å²) in [5, 5.41) is 6.25. The van der Waals surface area contributed by atoms with E-state index in [2.05, 4.69) is 30.6 Å². The number of hydrogen-bond donors (Lipinski definition) is 3. The summed E-state index contributed by atoms with van der Waals surface area (Å²) in [5.41, 5.74) is 3.86. The van der Waals surface area contributed by atoms with Crippen LogP contribution in [0.2, 0.25) is 0 Å². The van der Waals surface area contributed by atoms with Crippen molar-refractivity contribution in [3.8, 4) is 0 Å². The van der Waals surface area contributed by atoms with Crippen LogP contribution in [0, 0.1) is 0 Å². The highest BCUT2D eigenvalue weighted by Crippen LogP contribution is 2.20. The Labute approximate surface area is 163 Å². The van der Waals surface area contributed by atoms with Crippen LogP contribution >= 0.6 is 0 Å². The first kappa shape index (κ1) is 18.2. The third-order valence-corrected chi connectivity index (χ3v) is 4.81. The van der Waals surface area contributed by atoms with Crippen LogP contribution in [0.1, 0.15) is 43.9 Å². The van der Waals surface area contributed by atoms with E-state index in [1.54, 1.807) is 4.90 Å². The lowest BCUT2D eigenvalue weighted by Crippen LogP contribution is -2.44. The van der Waals surface area contributed by atoms with Crippen molar-refractivity contribution in [3.63, 3.8) is 0 Å². The Kier molecular flexibility index (Phi) is 4.85. The van der Waals surface area contributed by atoms with Gasteiger partial charge in [0.2, 0.25) is 5.95 Å². The minimum atomic E-state index is -0.218. The van der Waals surface area contributed by atoms with Gasteiger partial charge in [-0.05, 0) is 44.9 Å². The molecule has 4 rings (SSSR count). The molecule has 2 amide bonds. The van der Waals surface area contributed by atoms with Crippen LogP contribution in [0.4, 0.5) is 10.7 Å². The first-order chi connectivity index (χ1) is 13.5. The van der Waals surface area contributed by atoms with E-state index in [0.29, 0.717) is 19.0 Å². The number of benzene rings is 1. The Hall–Kier alpha value is -3.16. The smallest absolute Gasteiger partial charge is 0.318 e. The monoisotopic (exact) mass is 379 g/mol. The largest absolute Gasteiger partial charge is 0.352 e. The van der Waals surface area contributed by atoms with Gasteiger partial charge in [0, 0.05) is 18.8 Å². The number of amides is 2. The molecule has 0 bridgehead atoms. The molecule has 1 aliphatic heterocycles. The van der Waals surface area contributed by atoms with Crippen LogP contribution in [-0.4, -0.2) is 43.5 Å². The van der Waals surface area contributed by atoms with Crippen molar-refractivity contribution in [3.05, 3.63) is 47.5 Å². The second-order valence-corrected chi connectivity index (χ2v) is 7.45. The van der Waals surface area contributed by atoms with Crippen LogP contribution in [0.25, 0.3) is 11.0 Å². The predicted molar refractivity (Wildman–Crippen MR) is 108 cm³/mol. The Morgan fingerprint density at radius 1 is 1.21 bits per heavy atom. The van der Waals surface area contributed by atoms with Gasteiger partial charge in [0.15, 0.2) is 0 Å². The molecule has 2 aromatic heterocycles. The lowest BCUT2D eigenvalue weighted by Gasteiger charge is -2.29. The van der Waals surface area contributed by atoms with Crippen molar-refractivity contribution in [2.24, 2.45) is 0 Å². The zero-order chi connectivity index (χ0) is 19.7. The minimum Gasteiger partial charge on any atom is -0.352 e. The second kappa shape index (κ2) is 7.46. The molecule has 28 heavy (non-hydrogen) atoms. The molecule has 0 saturated heterocycles. The topological polar surface area (TPSA) is 98.8 Å². The Bertz CT molecular complexity index is 964. The van der Waals surface area contributed by atoms with Crippen LogP contribution in [0.15, 0.2) is 30.5 Å². The van der Waals surface area contributed by atoms with E-state index in [1.807, 2.05) is 51.2 Å². The van der Waals surface area contributed by atoms with E-state index in [-0.39, 0.29) is 18.1 Å². The maximum absolute atomic E-state index is 12.8. The first-order valence-corrected chi connectivity index (χ1v) is 9.61. The number of aromatic amines is 1. The minimum absolute atomic E-state index is 0.115. The number of urea groups is 1. The highest BCUT2D eigenvalue weighted by atomic mass is 16.2. The van der Waals surface area contributed by atoms with E-state index in [1.165, 1.54) is 0 Å². The summed E-state index contributed by atoms with van der Waals surface area (Å²) in [5.74, 6) is 1.35. The number of hydrogen-bond acceptors (Lipinski definition) is 5. The molecule has 0 spiro atoms. The third kappa shape index (κ3) is 3.76. The van der Waals surface area contributed by atoms with Gasteiger partial charge in [0.25, 0.3) is 0 Å². The molecular weight excluding hydrogens is 354 g/mol. The number of carbonyl (C=O) groups is 1. The molecule has 1 atom stereocenters. The first-order valence-electron chi connectivity index (χ1n) is 9.61. The maximum Gasteiger partial charge on any atom is 0.318 e. The molecule has 1 aromatic carbocycles. The lowest BCUT2D eigenvalue weighted by atomic mass is 10.1. The SMILES string of the molecule is CC(C)Nc1ncc2c(n1)CN(C(=O)NC(C)c1nc3ccccc3[nH]1)CC2. The molecule has 0 radical (unpaired) electrons. The zero-order valence-electron chi connectivity index (χ0n) is 16.4. The number of fused-ring (bicyclic) bond motifs is 2. The van der Waals surface area contributed by atoms with Gasteiger partial charge >= 0.3 is 6.03 Å². The highest BCUT2D eigenvalue weighted by molar-refractivity contribution is 5.76. The summed E-state index contributed by atoms with van der Waals surface area (Å²) < 4.78 is 0. The van der Waals surface area contributed by atoms with Crippen molar-refractivity contribution in [2.45, 2.75) is 45.8 Å².